The number of allylic oxidation sites excluding steroid dienone is 4. The SMILES string of the molecule is C/C=C\C(C)/C=C\CC. The zero-order chi connectivity index (χ0) is 7.11. The fourth-order valence-corrected chi connectivity index (χ4v) is 0.718. The summed E-state index contributed by atoms with van der Waals surface area (Å²) in [4.78, 5) is 0. The quantitative estimate of drug-likeness (QED) is 0.507. The molecule has 0 heterocycles. The lowest BCUT2D eigenvalue weighted by molar-refractivity contribution is 0.928. The van der Waals surface area contributed by atoms with Crippen molar-refractivity contribution in [1.82, 2.24) is 0 Å². The molecule has 0 heteroatoms. The van der Waals surface area contributed by atoms with E-state index in [4.69, 9.17) is 0 Å². The van der Waals surface area contributed by atoms with Crippen molar-refractivity contribution in [2.45, 2.75) is 27.2 Å². The molecule has 0 saturated heterocycles. The fourth-order valence-electron chi connectivity index (χ4n) is 0.718. The standard InChI is InChI=1S/C9H16/c1-4-6-8-9(3)7-5-2/h5-9H,4H2,1-3H3/b7-5-,8-6-. The van der Waals surface area contributed by atoms with Gasteiger partial charge in [-0.2, -0.15) is 0 Å². The van der Waals surface area contributed by atoms with Crippen LogP contribution in [0.5, 0.6) is 0 Å². The molecule has 0 aromatic heterocycles. The Bertz CT molecular complexity index is 98.6. The van der Waals surface area contributed by atoms with Crippen LogP contribution in [-0.4, -0.2) is 0 Å². The van der Waals surface area contributed by atoms with Crippen molar-refractivity contribution in [2.24, 2.45) is 5.92 Å². The summed E-state index contributed by atoms with van der Waals surface area (Å²) in [6.07, 6.45) is 9.84. The van der Waals surface area contributed by atoms with E-state index in [0.29, 0.717) is 5.92 Å². The minimum absolute atomic E-state index is 0.606. The van der Waals surface area contributed by atoms with Gasteiger partial charge in [-0.15, -0.1) is 0 Å². The highest BCUT2D eigenvalue weighted by Crippen LogP contribution is 1.99. The lowest BCUT2D eigenvalue weighted by Gasteiger charge is -1.93. The molecule has 0 nitrogen and oxygen atoms in total. The first-order valence-electron chi connectivity index (χ1n) is 3.60. The van der Waals surface area contributed by atoms with Gasteiger partial charge in [0.2, 0.25) is 0 Å². The van der Waals surface area contributed by atoms with Gasteiger partial charge in [-0.1, -0.05) is 38.2 Å². The summed E-state index contributed by atoms with van der Waals surface area (Å²) >= 11 is 0. The first-order chi connectivity index (χ1) is 4.31. The van der Waals surface area contributed by atoms with Gasteiger partial charge in [0.1, 0.15) is 0 Å². The molecule has 0 radical (unpaired) electrons. The monoisotopic (exact) mass is 124 g/mol. The molecule has 0 saturated carbocycles. The minimum Gasteiger partial charge on any atom is -0.0911 e. The minimum atomic E-state index is 0.606. The van der Waals surface area contributed by atoms with E-state index in [9.17, 15) is 0 Å². The first-order valence-corrected chi connectivity index (χ1v) is 3.60. The summed E-state index contributed by atoms with van der Waals surface area (Å²) in [6.45, 7) is 6.39. The third-order valence-corrected chi connectivity index (χ3v) is 1.17. The molecule has 0 aliphatic heterocycles. The Labute approximate surface area is 58.3 Å². The van der Waals surface area contributed by atoms with Crippen molar-refractivity contribution < 1.29 is 0 Å². The van der Waals surface area contributed by atoms with E-state index in [0.717, 1.165) is 6.42 Å². The molecule has 0 amide bonds. The summed E-state index contributed by atoms with van der Waals surface area (Å²) in [5, 5.41) is 0. The van der Waals surface area contributed by atoms with Gasteiger partial charge in [-0.25, -0.2) is 0 Å². The summed E-state index contributed by atoms with van der Waals surface area (Å²) in [5.41, 5.74) is 0. The molecule has 0 aliphatic rings. The maximum Gasteiger partial charge on any atom is -0.00820 e. The van der Waals surface area contributed by atoms with Gasteiger partial charge < -0.3 is 0 Å². The van der Waals surface area contributed by atoms with Crippen LogP contribution in [0.1, 0.15) is 27.2 Å². The van der Waals surface area contributed by atoms with Crippen LogP contribution in [0.15, 0.2) is 24.3 Å². The second-order valence-corrected chi connectivity index (χ2v) is 2.22. The smallest absolute Gasteiger partial charge is 0.00820 e. The molecule has 9 heavy (non-hydrogen) atoms. The van der Waals surface area contributed by atoms with Gasteiger partial charge >= 0.3 is 0 Å². The maximum absolute atomic E-state index is 2.22. The van der Waals surface area contributed by atoms with Crippen LogP contribution in [0.25, 0.3) is 0 Å². The molecule has 0 aliphatic carbocycles. The van der Waals surface area contributed by atoms with Crippen LogP contribution < -0.4 is 0 Å². The van der Waals surface area contributed by atoms with Crippen LogP contribution in [0.3, 0.4) is 0 Å². The van der Waals surface area contributed by atoms with E-state index in [1.165, 1.54) is 0 Å². The molecule has 1 atom stereocenters. The van der Waals surface area contributed by atoms with E-state index in [1.807, 2.05) is 0 Å². The molecule has 0 bridgehead atoms. The number of rotatable bonds is 3. The zero-order valence-corrected chi connectivity index (χ0v) is 6.59. The lowest BCUT2D eigenvalue weighted by atomic mass is 10.1. The van der Waals surface area contributed by atoms with Crippen LogP contribution in [0.2, 0.25) is 0 Å². The van der Waals surface area contributed by atoms with E-state index in [-0.39, 0.29) is 0 Å². The third kappa shape index (κ3) is 5.35. The maximum atomic E-state index is 2.22. The van der Waals surface area contributed by atoms with Gasteiger partial charge in [0.05, 0.1) is 0 Å². The Morgan fingerprint density at radius 3 is 2.44 bits per heavy atom. The van der Waals surface area contributed by atoms with Crippen molar-refractivity contribution in [3.05, 3.63) is 24.3 Å². The van der Waals surface area contributed by atoms with Crippen LogP contribution in [0.4, 0.5) is 0 Å². The zero-order valence-electron chi connectivity index (χ0n) is 6.59. The molecule has 0 spiro atoms. The van der Waals surface area contributed by atoms with E-state index in [1.54, 1.807) is 0 Å². The number of hydrogen-bond donors (Lipinski definition) is 0. The molecule has 0 N–H and O–H groups in total. The van der Waals surface area contributed by atoms with Gasteiger partial charge in [-0.05, 0) is 19.3 Å². The third-order valence-electron chi connectivity index (χ3n) is 1.17. The van der Waals surface area contributed by atoms with Gasteiger partial charge in [0.25, 0.3) is 0 Å². The second kappa shape index (κ2) is 5.61. The van der Waals surface area contributed by atoms with Crippen LogP contribution >= 0.6 is 0 Å². The van der Waals surface area contributed by atoms with Crippen molar-refractivity contribution in [2.75, 3.05) is 0 Å². The molecule has 52 valence electrons. The highest BCUT2D eigenvalue weighted by atomic mass is 13.9. The highest BCUT2D eigenvalue weighted by Gasteiger charge is 1.84. The summed E-state index contributed by atoms with van der Waals surface area (Å²) in [7, 11) is 0. The molecule has 0 aromatic carbocycles. The Morgan fingerprint density at radius 1 is 1.33 bits per heavy atom. The average molecular weight is 124 g/mol. The Balaban J connectivity index is 3.48. The van der Waals surface area contributed by atoms with Crippen molar-refractivity contribution >= 4 is 0 Å². The topological polar surface area (TPSA) is 0 Å². The first kappa shape index (κ1) is 8.48. The molecule has 0 aromatic rings. The van der Waals surface area contributed by atoms with Gasteiger partial charge in [0, 0.05) is 0 Å². The molecule has 1 unspecified atom stereocenters. The fraction of sp³-hybridized carbons (Fsp3) is 0.556. The molecular weight excluding hydrogens is 108 g/mol. The molecular formula is C9H16. The Morgan fingerprint density at radius 2 is 2.00 bits per heavy atom. The molecule has 0 rings (SSSR count). The van der Waals surface area contributed by atoms with Gasteiger partial charge in [-0.3, -0.25) is 0 Å². The van der Waals surface area contributed by atoms with Crippen molar-refractivity contribution in [3.63, 3.8) is 0 Å². The lowest BCUT2D eigenvalue weighted by Crippen LogP contribution is -1.79. The van der Waals surface area contributed by atoms with Crippen molar-refractivity contribution in [1.29, 1.82) is 0 Å². The summed E-state index contributed by atoms with van der Waals surface area (Å²) < 4.78 is 0. The Hall–Kier alpha value is -0.520. The van der Waals surface area contributed by atoms with Crippen molar-refractivity contribution in [3.8, 4) is 0 Å². The second-order valence-electron chi connectivity index (χ2n) is 2.22. The largest absolute Gasteiger partial charge is 0.0911 e. The normalized spacial score (nSPS) is 15.4. The average Bonchev–Trinajstić information content (AvgIpc) is 1.85. The van der Waals surface area contributed by atoms with Crippen LogP contribution in [-0.2, 0) is 0 Å². The molecule has 0 fully saturated rings. The summed E-state index contributed by atoms with van der Waals surface area (Å²) in [6, 6.07) is 0. The van der Waals surface area contributed by atoms with E-state index >= 15 is 0 Å². The van der Waals surface area contributed by atoms with Crippen LogP contribution in [0, 0.1) is 5.92 Å². The highest BCUT2D eigenvalue weighted by molar-refractivity contribution is 4.96. The summed E-state index contributed by atoms with van der Waals surface area (Å²) in [5.74, 6) is 0.606. The predicted molar refractivity (Wildman–Crippen MR) is 43.4 cm³/mol. The van der Waals surface area contributed by atoms with Gasteiger partial charge in [0.15, 0.2) is 0 Å². The number of hydrogen-bond acceptors (Lipinski definition) is 0. The Kier molecular flexibility index (Phi) is 5.29. The van der Waals surface area contributed by atoms with E-state index < -0.39 is 0 Å². The predicted octanol–water partition coefficient (Wildman–Crippen LogP) is 3.16. The van der Waals surface area contributed by atoms with E-state index in [2.05, 4.69) is 45.1 Å².